The number of hydrogen-bond acceptors (Lipinski definition) is 21. The standard InChI is InChI=1S/C26H45NO21/c1-6(32)27-11-21(47-25-18(39)15(36)12(33)7(2-28)44-25)13(34)8(3-29)43-24(11)48-22-14(35)9(4-30)45-26(19(22)40)46-20-10(5-31)42-23(41)17(38)16(20)37/h7-26,28-31,33-41H,2-5H2,1H3,(H,27,32). The number of nitrogens with one attached hydrogen (secondary N) is 1. The Bertz CT molecular complexity index is 1030. The maximum atomic E-state index is 12.3. The van der Waals surface area contributed by atoms with Crippen LogP contribution in [0.25, 0.3) is 0 Å². The molecule has 0 aromatic carbocycles. The van der Waals surface area contributed by atoms with Crippen LogP contribution in [0.5, 0.6) is 0 Å². The molecule has 0 aromatic rings. The second-order valence-electron chi connectivity index (χ2n) is 11.9. The summed E-state index contributed by atoms with van der Waals surface area (Å²) in [5, 5.41) is 136. The van der Waals surface area contributed by atoms with Crippen molar-refractivity contribution in [3.05, 3.63) is 0 Å². The molecule has 20 unspecified atom stereocenters. The summed E-state index contributed by atoms with van der Waals surface area (Å²) in [5.74, 6) is -0.765. The predicted molar refractivity (Wildman–Crippen MR) is 145 cm³/mol. The molecule has 4 rings (SSSR count). The molecule has 22 nitrogen and oxygen atoms in total. The molecule has 0 saturated carbocycles. The number of rotatable bonds is 11. The van der Waals surface area contributed by atoms with Crippen LogP contribution in [0.1, 0.15) is 6.92 Å². The zero-order chi connectivity index (χ0) is 35.6. The topological polar surface area (TPSA) is 357 Å². The van der Waals surface area contributed by atoms with E-state index in [1.165, 1.54) is 0 Å². The molecule has 0 bridgehead atoms. The smallest absolute Gasteiger partial charge is 0.217 e. The van der Waals surface area contributed by atoms with Crippen LogP contribution in [-0.4, -0.2) is 221 Å². The Morgan fingerprint density at radius 3 is 1.50 bits per heavy atom. The highest BCUT2D eigenvalue weighted by atomic mass is 16.8. The lowest BCUT2D eigenvalue weighted by Crippen LogP contribution is -2.70. The van der Waals surface area contributed by atoms with E-state index < -0.39 is 155 Å². The first kappa shape index (κ1) is 39.5. The Labute approximate surface area is 272 Å². The lowest BCUT2D eigenvalue weighted by molar-refractivity contribution is -0.379. The van der Waals surface area contributed by atoms with Gasteiger partial charge in [-0.1, -0.05) is 0 Å². The van der Waals surface area contributed by atoms with Crippen molar-refractivity contribution >= 4 is 5.91 Å². The second-order valence-corrected chi connectivity index (χ2v) is 11.9. The van der Waals surface area contributed by atoms with Gasteiger partial charge in [0.15, 0.2) is 25.2 Å². The van der Waals surface area contributed by atoms with E-state index in [9.17, 15) is 71.2 Å². The first-order valence-electron chi connectivity index (χ1n) is 15.1. The van der Waals surface area contributed by atoms with Gasteiger partial charge in [0, 0.05) is 6.92 Å². The minimum absolute atomic E-state index is 0.765. The average molecular weight is 708 g/mol. The summed E-state index contributed by atoms with van der Waals surface area (Å²) in [6.45, 7) is -2.41. The number of hydrogen-bond donors (Lipinski definition) is 14. The van der Waals surface area contributed by atoms with Crippen LogP contribution in [-0.2, 0) is 38.0 Å². The van der Waals surface area contributed by atoms with Crippen molar-refractivity contribution in [2.75, 3.05) is 26.4 Å². The van der Waals surface area contributed by atoms with Crippen LogP contribution in [0.15, 0.2) is 0 Å². The Morgan fingerprint density at radius 2 is 0.958 bits per heavy atom. The Morgan fingerprint density at radius 1 is 0.500 bits per heavy atom. The average Bonchev–Trinajstić information content (AvgIpc) is 3.06. The normalized spacial score (nSPS) is 50.2. The Balaban J connectivity index is 1.61. The van der Waals surface area contributed by atoms with Gasteiger partial charge in [-0.05, 0) is 0 Å². The molecule has 280 valence electrons. The van der Waals surface area contributed by atoms with Crippen molar-refractivity contribution in [2.24, 2.45) is 0 Å². The maximum absolute atomic E-state index is 12.3. The van der Waals surface area contributed by atoms with E-state index in [2.05, 4.69) is 5.32 Å². The molecular formula is C26H45NO21. The molecule has 48 heavy (non-hydrogen) atoms. The number of carbonyl (C=O) groups is 1. The van der Waals surface area contributed by atoms with Crippen molar-refractivity contribution < 1.29 is 104 Å². The molecule has 14 N–H and O–H groups in total. The van der Waals surface area contributed by atoms with Crippen molar-refractivity contribution in [2.45, 2.75) is 130 Å². The fraction of sp³-hybridized carbons (Fsp3) is 0.962. The molecule has 4 heterocycles. The molecule has 4 aliphatic heterocycles. The van der Waals surface area contributed by atoms with Gasteiger partial charge in [-0.3, -0.25) is 4.79 Å². The minimum Gasteiger partial charge on any atom is -0.394 e. The number of aliphatic hydroxyl groups is 13. The number of carbonyl (C=O) groups excluding carboxylic acids is 1. The summed E-state index contributed by atoms with van der Waals surface area (Å²) >= 11 is 0. The van der Waals surface area contributed by atoms with Crippen LogP contribution in [0.3, 0.4) is 0 Å². The highest BCUT2D eigenvalue weighted by molar-refractivity contribution is 5.73. The number of ether oxygens (including phenoxy) is 7. The van der Waals surface area contributed by atoms with E-state index >= 15 is 0 Å². The minimum atomic E-state index is -2.04. The van der Waals surface area contributed by atoms with Crippen molar-refractivity contribution in [3.63, 3.8) is 0 Å². The molecule has 22 heteroatoms. The third kappa shape index (κ3) is 8.08. The molecule has 4 saturated heterocycles. The summed E-state index contributed by atoms with van der Waals surface area (Å²) in [6, 6.07) is -1.61. The Kier molecular flexibility index (Phi) is 13.8. The molecular weight excluding hydrogens is 662 g/mol. The first-order chi connectivity index (χ1) is 22.7. The van der Waals surface area contributed by atoms with E-state index in [0.717, 1.165) is 6.92 Å². The van der Waals surface area contributed by atoms with Crippen LogP contribution in [0.4, 0.5) is 0 Å². The molecule has 1 amide bonds. The lowest BCUT2D eigenvalue weighted by Gasteiger charge is -2.50. The highest BCUT2D eigenvalue weighted by Gasteiger charge is 2.55. The summed E-state index contributed by atoms with van der Waals surface area (Å²) in [7, 11) is 0. The second kappa shape index (κ2) is 16.8. The van der Waals surface area contributed by atoms with E-state index in [4.69, 9.17) is 33.2 Å². The zero-order valence-electron chi connectivity index (χ0n) is 25.5. The third-order valence-electron chi connectivity index (χ3n) is 8.61. The van der Waals surface area contributed by atoms with Gasteiger partial charge >= 0.3 is 0 Å². The van der Waals surface area contributed by atoms with Crippen LogP contribution in [0.2, 0.25) is 0 Å². The SMILES string of the molecule is CC(=O)NC1C(OC2C(O)C(CO)OC(OC3C(CO)OC(O)C(O)C3O)C2O)OC(CO)C(O)C1OC1OC(CO)C(O)C(O)C1O. The summed E-state index contributed by atoms with van der Waals surface area (Å²) in [5.41, 5.74) is 0. The van der Waals surface area contributed by atoms with Gasteiger partial charge in [-0.15, -0.1) is 0 Å². The molecule has 4 aliphatic rings. The van der Waals surface area contributed by atoms with Gasteiger partial charge in [0.25, 0.3) is 0 Å². The molecule has 0 spiro atoms. The van der Waals surface area contributed by atoms with Crippen molar-refractivity contribution in [3.8, 4) is 0 Å². The maximum Gasteiger partial charge on any atom is 0.217 e. The van der Waals surface area contributed by atoms with Gasteiger partial charge in [0.05, 0.1) is 26.4 Å². The highest BCUT2D eigenvalue weighted by Crippen LogP contribution is 2.34. The van der Waals surface area contributed by atoms with E-state index in [1.54, 1.807) is 0 Å². The largest absolute Gasteiger partial charge is 0.394 e. The third-order valence-corrected chi connectivity index (χ3v) is 8.61. The molecule has 0 aromatic heterocycles. The van der Waals surface area contributed by atoms with Gasteiger partial charge in [-0.25, -0.2) is 0 Å². The van der Waals surface area contributed by atoms with Gasteiger partial charge in [0.2, 0.25) is 5.91 Å². The van der Waals surface area contributed by atoms with E-state index in [-0.39, 0.29) is 0 Å². The van der Waals surface area contributed by atoms with Crippen molar-refractivity contribution in [1.82, 2.24) is 5.32 Å². The van der Waals surface area contributed by atoms with E-state index in [0.29, 0.717) is 0 Å². The fourth-order valence-electron chi connectivity index (χ4n) is 5.94. The molecule has 20 atom stereocenters. The van der Waals surface area contributed by atoms with Gasteiger partial charge in [0.1, 0.15) is 97.6 Å². The fourth-order valence-corrected chi connectivity index (χ4v) is 5.94. The molecule has 4 fully saturated rings. The summed E-state index contributed by atoms with van der Waals surface area (Å²) in [4.78, 5) is 12.3. The van der Waals surface area contributed by atoms with Crippen molar-refractivity contribution in [1.29, 1.82) is 0 Å². The molecule has 0 aliphatic carbocycles. The zero-order valence-corrected chi connectivity index (χ0v) is 25.5. The number of amides is 1. The number of aliphatic hydroxyl groups excluding tert-OH is 13. The first-order valence-corrected chi connectivity index (χ1v) is 15.1. The lowest BCUT2D eigenvalue weighted by atomic mass is 9.94. The molecule has 0 radical (unpaired) electrons. The van der Waals surface area contributed by atoms with Crippen LogP contribution >= 0.6 is 0 Å². The van der Waals surface area contributed by atoms with Crippen LogP contribution in [0, 0.1) is 0 Å². The van der Waals surface area contributed by atoms with Gasteiger partial charge in [-0.2, -0.15) is 0 Å². The summed E-state index contributed by atoms with van der Waals surface area (Å²) in [6.07, 6.45) is -33.8. The van der Waals surface area contributed by atoms with E-state index in [1.807, 2.05) is 0 Å². The summed E-state index contributed by atoms with van der Waals surface area (Å²) < 4.78 is 38.7. The predicted octanol–water partition coefficient (Wildman–Crippen LogP) is -9.61. The van der Waals surface area contributed by atoms with Gasteiger partial charge < -0.3 is 105 Å². The van der Waals surface area contributed by atoms with Crippen LogP contribution < -0.4 is 5.32 Å². The monoisotopic (exact) mass is 707 g/mol. The quantitative estimate of drug-likeness (QED) is 0.0947. The Hall–Kier alpha value is -1.33.